The molecule has 5 nitrogen and oxygen atoms in total. The molecule has 1 aliphatic rings. The van der Waals surface area contributed by atoms with Gasteiger partial charge in [0.05, 0.1) is 11.0 Å². The van der Waals surface area contributed by atoms with E-state index in [1.165, 1.54) is 4.31 Å². The number of benzene rings is 1. The minimum Gasteiger partial charge on any atom is -0.392 e. The number of β-amino-alcohol motifs (C(OH)–C–C–N with tert-alkyl or cyclic N) is 1. The minimum absolute atomic E-state index is 0.170. The van der Waals surface area contributed by atoms with Gasteiger partial charge in [-0.2, -0.15) is 4.31 Å². The quantitative estimate of drug-likeness (QED) is 0.908. The minimum atomic E-state index is -3.58. The lowest BCUT2D eigenvalue weighted by molar-refractivity contribution is 0.108. The number of fused-ring (bicyclic) bond motifs is 1. The molecule has 1 fully saturated rings. The zero-order chi connectivity index (χ0) is 14.2. The van der Waals surface area contributed by atoms with Gasteiger partial charge in [0.1, 0.15) is 0 Å². The first-order valence-corrected chi connectivity index (χ1v) is 8.04. The predicted molar refractivity (Wildman–Crippen MR) is 75.7 cm³/mol. The molecule has 0 amide bonds. The van der Waals surface area contributed by atoms with Gasteiger partial charge in [-0.1, -0.05) is 12.1 Å². The van der Waals surface area contributed by atoms with Crippen molar-refractivity contribution in [3.8, 4) is 0 Å². The van der Waals surface area contributed by atoms with E-state index in [0.29, 0.717) is 24.8 Å². The van der Waals surface area contributed by atoms with Crippen LogP contribution in [-0.4, -0.2) is 42.0 Å². The zero-order valence-corrected chi connectivity index (χ0v) is 11.8. The highest BCUT2D eigenvalue weighted by atomic mass is 32.2. The number of rotatable bonds is 2. The van der Waals surface area contributed by atoms with Gasteiger partial charge in [0.2, 0.25) is 10.0 Å². The lowest BCUT2D eigenvalue weighted by atomic mass is 10.1. The van der Waals surface area contributed by atoms with Crippen molar-refractivity contribution in [1.29, 1.82) is 0 Å². The largest absolute Gasteiger partial charge is 0.392 e. The molecule has 1 aliphatic heterocycles. The van der Waals surface area contributed by atoms with E-state index in [1.54, 1.807) is 30.6 Å². The Morgan fingerprint density at radius 1 is 1.30 bits per heavy atom. The second-order valence-electron chi connectivity index (χ2n) is 5.01. The summed E-state index contributed by atoms with van der Waals surface area (Å²) in [5.74, 6) is 0. The number of hydrogen-bond donors (Lipinski definition) is 1. The monoisotopic (exact) mass is 292 g/mol. The summed E-state index contributed by atoms with van der Waals surface area (Å²) in [6.07, 6.45) is 4.01. The van der Waals surface area contributed by atoms with E-state index in [2.05, 4.69) is 4.98 Å². The summed E-state index contributed by atoms with van der Waals surface area (Å²) in [4.78, 5) is 4.30. The van der Waals surface area contributed by atoms with Crippen LogP contribution >= 0.6 is 0 Å². The lowest BCUT2D eigenvalue weighted by Gasteiger charge is -2.29. The fourth-order valence-corrected chi connectivity index (χ4v) is 4.33. The van der Waals surface area contributed by atoms with Crippen LogP contribution in [0.2, 0.25) is 0 Å². The summed E-state index contributed by atoms with van der Waals surface area (Å²) in [5, 5.41) is 11.2. The summed E-state index contributed by atoms with van der Waals surface area (Å²) < 4.78 is 26.9. The Balaban J connectivity index is 2.09. The second-order valence-corrected chi connectivity index (χ2v) is 6.92. The van der Waals surface area contributed by atoms with Crippen molar-refractivity contribution in [2.75, 3.05) is 13.1 Å². The molecule has 1 saturated heterocycles. The van der Waals surface area contributed by atoms with Crippen LogP contribution in [-0.2, 0) is 10.0 Å². The van der Waals surface area contributed by atoms with Gasteiger partial charge >= 0.3 is 0 Å². The van der Waals surface area contributed by atoms with Crippen molar-refractivity contribution in [3.05, 3.63) is 36.7 Å². The van der Waals surface area contributed by atoms with Crippen molar-refractivity contribution in [2.45, 2.75) is 23.8 Å². The first-order valence-electron chi connectivity index (χ1n) is 6.60. The molecule has 2 aromatic rings. The van der Waals surface area contributed by atoms with Crippen LogP contribution in [0.3, 0.4) is 0 Å². The van der Waals surface area contributed by atoms with Crippen molar-refractivity contribution >= 4 is 20.8 Å². The lowest BCUT2D eigenvalue weighted by Crippen LogP contribution is -2.42. The molecule has 1 atom stereocenters. The van der Waals surface area contributed by atoms with Crippen LogP contribution in [0.4, 0.5) is 0 Å². The molecule has 2 heterocycles. The average Bonchev–Trinajstić information content (AvgIpc) is 2.46. The van der Waals surface area contributed by atoms with Crippen molar-refractivity contribution < 1.29 is 13.5 Å². The van der Waals surface area contributed by atoms with Crippen LogP contribution in [0.5, 0.6) is 0 Å². The Labute approximate surface area is 117 Å². The number of hydrogen-bond acceptors (Lipinski definition) is 4. The van der Waals surface area contributed by atoms with Gasteiger partial charge < -0.3 is 5.11 Å². The maximum atomic E-state index is 12.7. The molecule has 0 bridgehead atoms. The molecule has 0 aliphatic carbocycles. The molecule has 0 saturated carbocycles. The Bertz CT molecular complexity index is 725. The molecule has 0 spiro atoms. The van der Waals surface area contributed by atoms with Crippen LogP contribution < -0.4 is 0 Å². The van der Waals surface area contributed by atoms with Crippen LogP contribution in [0.15, 0.2) is 41.6 Å². The number of pyridine rings is 1. The third kappa shape index (κ3) is 2.30. The van der Waals surface area contributed by atoms with Crippen molar-refractivity contribution in [1.82, 2.24) is 9.29 Å². The number of aromatic nitrogens is 1. The normalized spacial score (nSPS) is 21.1. The maximum Gasteiger partial charge on any atom is 0.243 e. The van der Waals surface area contributed by atoms with E-state index in [1.807, 2.05) is 6.07 Å². The molecule has 20 heavy (non-hydrogen) atoms. The highest BCUT2D eigenvalue weighted by Crippen LogP contribution is 2.27. The summed E-state index contributed by atoms with van der Waals surface area (Å²) in [6.45, 7) is 0.630. The summed E-state index contributed by atoms with van der Waals surface area (Å²) >= 11 is 0. The molecule has 6 heteroatoms. The number of sulfonamides is 1. The maximum absolute atomic E-state index is 12.7. The number of nitrogens with zero attached hydrogens (tertiary/aromatic N) is 2. The molecule has 0 radical (unpaired) electrons. The molecular formula is C14H16N2O3S. The highest BCUT2D eigenvalue weighted by Gasteiger charge is 2.30. The summed E-state index contributed by atoms with van der Waals surface area (Å²) in [7, 11) is -3.58. The summed E-state index contributed by atoms with van der Waals surface area (Å²) in [6, 6.07) is 6.88. The third-order valence-electron chi connectivity index (χ3n) is 3.62. The van der Waals surface area contributed by atoms with Gasteiger partial charge in [-0.25, -0.2) is 8.42 Å². The number of aliphatic hydroxyl groups excluding tert-OH is 1. The van der Waals surface area contributed by atoms with E-state index in [-0.39, 0.29) is 11.4 Å². The SMILES string of the molecule is O=S(=O)(c1cccc2cnccc12)N1CCCC(O)C1. The fourth-order valence-electron chi connectivity index (χ4n) is 2.60. The van der Waals surface area contributed by atoms with Gasteiger partial charge in [0.25, 0.3) is 0 Å². The standard InChI is InChI=1S/C14H16N2O3S/c17-12-4-2-8-16(10-12)20(18,19)14-5-1-3-11-9-15-7-6-13(11)14/h1,3,5-7,9,12,17H,2,4,8,10H2. The van der Waals surface area contributed by atoms with Gasteiger partial charge in [-0.15, -0.1) is 0 Å². The first kappa shape index (κ1) is 13.5. The van der Waals surface area contributed by atoms with E-state index in [4.69, 9.17) is 0 Å². The van der Waals surface area contributed by atoms with Gasteiger partial charge in [0, 0.05) is 36.3 Å². The average molecular weight is 292 g/mol. The third-order valence-corrected chi connectivity index (χ3v) is 5.54. The van der Waals surface area contributed by atoms with Gasteiger partial charge in [-0.05, 0) is 25.0 Å². The highest BCUT2D eigenvalue weighted by molar-refractivity contribution is 7.89. The van der Waals surface area contributed by atoms with E-state index in [0.717, 1.165) is 5.39 Å². The Hall–Kier alpha value is -1.50. The van der Waals surface area contributed by atoms with Crippen LogP contribution in [0, 0.1) is 0 Å². The molecule has 1 unspecified atom stereocenters. The predicted octanol–water partition coefficient (Wildman–Crippen LogP) is 1.38. The number of aliphatic hydroxyl groups is 1. The molecule has 106 valence electrons. The van der Waals surface area contributed by atoms with Crippen LogP contribution in [0.25, 0.3) is 10.8 Å². The van der Waals surface area contributed by atoms with E-state index >= 15 is 0 Å². The molecule has 3 rings (SSSR count). The van der Waals surface area contributed by atoms with Gasteiger partial charge in [-0.3, -0.25) is 4.98 Å². The second kappa shape index (κ2) is 5.12. The summed E-state index contributed by atoms with van der Waals surface area (Å²) in [5.41, 5.74) is 0. The molecule has 1 N–H and O–H groups in total. The van der Waals surface area contributed by atoms with E-state index in [9.17, 15) is 13.5 Å². The Morgan fingerprint density at radius 3 is 2.95 bits per heavy atom. The molecule has 1 aromatic heterocycles. The van der Waals surface area contributed by atoms with E-state index < -0.39 is 16.1 Å². The molecule has 1 aromatic carbocycles. The smallest absolute Gasteiger partial charge is 0.243 e. The molecular weight excluding hydrogens is 276 g/mol. The Morgan fingerprint density at radius 2 is 2.15 bits per heavy atom. The fraction of sp³-hybridized carbons (Fsp3) is 0.357. The topological polar surface area (TPSA) is 70.5 Å². The van der Waals surface area contributed by atoms with Crippen LogP contribution in [0.1, 0.15) is 12.8 Å². The first-order chi connectivity index (χ1) is 9.59. The van der Waals surface area contributed by atoms with Gasteiger partial charge in [0.15, 0.2) is 0 Å². The van der Waals surface area contributed by atoms with Crippen molar-refractivity contribution in [2.24, 2.45) is 0 Å². The zero-order valence-electron chi connectivity index (χ0n) is 10.9. The number of piperidine rings is 1. The van der Waals surface area contributed by atoms with Crippen molar-refractivity contribution in [3.63, 3.8) is 0 Å². The Kier molecular flexibility index (Phi) is 3.45.